The standard InChI is InChI=1S/C14H33N3O.C11H26N2O.C11H18O7.C9H16O5.C8H19NO.C8H18O4.C7H16O3.C7H14O3.C6H14O2/c1-13(2)18-12-14(9-15(3)4,10-16(5)6)11-17(7)8;1-10(2)14-9-11(7-12(3)4)8-13(5)6;1-7(2)18-6-11(3-8(12)13,4-9(14)15)5-10(16)17;1-6(2)14-5-7(3-8(10)11)4-9(12)13;1-8(2)10-7-5-6-9(3)4;1-7(2)12-6-8(3-9,4-10)5-11;1-6(2)10-5-7(3-8)4-9;1-6(2)10-5-3-4-7(8)9;1-6(2)8-5-3-4-7/h13H,9-12H2,1-8H3;10-11H,7-9H2,1-6H3;7H,3-6H2,1-2H3,(H,12,13)(H,14,15)(H,16,17);6-7H,3-5H2,1-2H3,(H,10,11)(H,12,13);8H,5-7H2,1-4H3;7,9-11H,3-6H2,1-2H3;6-9H,3-5H2,1-2H3;6H,3-5H2,1-2H3,(H,8,9);6-7H,3-5H2,1-2H3. The molecule has 0 aromatic rings. The second-order valence-corrected chi connectivity index (χ2v) is 32.8. The van der Waals surface area contributed by atoms with Gasteiger partial charge in [0.15, 0.2) is 0 Å². The molecule has 0 radical (unpaired) electrons. The minimum absolute atomic E-state index is 0.0107. The first kappa shape index (κ1) is 128. The van der Waals surface area contributed by atoms with Gasteiger partial charge in [-0.2, -0.15) is 0 Å². The van der Waals surface area contributed by atoms with E-state index in [1.165, 1.54) is 0 Å². The van der Waals surface area contributed by atoms with Gasteiger partial charge >= 0.3 is 35.8 Å². The maximum absolute atomic E-state index is 10.8. The summed E-state index contributed by atoms with van der Waals surface area (Å²) in [5.74, 6) is -6.46. The van der Waals surface area contributed by atoms with Crippen LogP contribution in [0.2, 0.25) is 0 Å². The summed E-state index contributed by atoms with van der Waals surface area (Å²) < 4.78 is 48.0. The van der Waals surface area contributed by atoms with E-state index in [-0.39, 0.29) is 127 Å². The van der Waals surface area contributed by atoms with Crippen LogP contribution < -0.4 is 0 Å². The Hall–Kier alpha value is -4.02. The lowest BCUT2D eigenvalue weighted by molar-refractivity contribution is -0.152. The Labute approximate surface area is 689 Å². The van der Waals surface area contributed by atoms with E-state index in [0.29, 0.717) is 50.5 Å². The molecule has 0 bridgehead atoms. The van der Waals surface area contributed by atoms with Gasteiger partial charge in [-0.1, -0.05) is 0 Å². The SMILES string of the molecule is CC(C)OCC(CC(=O)O)(CC(=O)O)CC(=O)O.CC(C)OCC(CC(=O)O)CC(=O)O.CC(C)OCC(CN(C)C)(CN(C)C)CN(C)C.CC(C)OCC(CN(C)C)CN(C)C.CC(C)OCC(CO)(CO)CO.CC(C)OCC(CO)CO.CC(C)OCCCC(=O)O.CC(C)OCCCN(C)C.CC(C)OCCCO. The third-order valence-electron chi connectivity index (χ3n) is 14.3. The van der Waals surface area contributed by atoms with Gasteiger partial charge in [-0.15, -0.1) is 0 Å². The highest BCUT2D eigenvalue weighted by Gasteiger charge is 2.39. The normalized spacial score (nSPS) is 11.7. The van der Waals surface area contributed by atoms with Crippen molar-refractivity contribution in [3.05, 3.63) is 0 Å². The third kappa shape index (κ3) is 108. The topological polar surface area (TPSA) is 448 Å². The summed E-state index contributed by atoms with van der Waals surface area (Å²) in [6.45, 7) is 45.1. The van der Waals surface area contributed by atoms with Crippen molar-refractivity contribution >= 4 is 35.8 Å². The van der Waals surface area contributed by atoms with E-state index in [4.69, 9.17) is 104 Å². The van der Waals surface area contributed by atoms with Gasteiger partial charge < -0.3 is 133 Å². The monoisotopic (exact) mass is 1660 g/mol. The van der Waals surface area contributed by atoms with E-state index in [0.717, 1.165) is 71.9 Å². The van der Waals surface area contributed by atoms with Crippen LogP contribution in [0.25, 0.3) is 0 Å². The van der Waals surface area contributed by atoms with Crippen LogP contribution in [0.1, 0.15) is 182 Å². The number of rotatable bonds is 57. The van der Waals surface area contributed by atoms with Gasteiger partial charge in [0.25, 0.3) is 0 Å². The van der Waals surface area contributed by atoms with Gasteiger partial charge in [-0.25, -0.2) is 0 Å². The van der Waals surface area contributed by atoms with Crippen molar-refractivity contribution in [2.75, 3.05) is 223 Å². The summed E-state index contributed by atoms with van der Waals surface area (Å²) in [5, 5.41) is 104. The zero-order valence-corrected chi connectivity index (χ0v) is 76.8. The molecule has 0 unspecified atom stereocenters. The number of carboxylic acids is 6. The molecule has 0 rings (SSSR count). The summed E-state index contributed by atoms with van der Waals surface area (Å²) in [6.07, 6.45) is 2.13. The van der Waals surface area contributed by atoms with Gasteiger partial charge in [0.05, 0.1) is 165 Å². The summed E-state index contributed by atoms with van der Waals surface area (Å²) in [7, 11) is 25.4. The fraction of sp³-hybridized carbons (Fsp3) is 0.926. The van der Waals surface area contributed by atoms with Crippen LogP contribution in [0.5, 0.6) is 0 Å². The number of carboxylic acid groups (broad SMARTS) is 6. The largest absolute Gasteiger partial charge is 0.481 e. The molecule has 0 saturated carbocycles. The lowest BCUT2D eigenvalue weighted by Crippen LogP contribution is -2.51. The number of carbonyl (C=O) groups is 6. The van der Waals surface area contributed by atoms with Crippen LogP contribution in [-0.4, -0.2) is 404 Å². The lowest BCUT2D eigenvalue weighted by Gasteiger charge is -2.40. The van der Waals surface area contributed by atoms with Crippen LogP contribution in [0, 0.1) is 34.0 Å². The first-order chi connectivity index (χ1) is 52.5. The zero-order valence-electron chi connectivity index (χ0n) is 76.8. The molecule has 12 N–H and O–H groups in total. The highest BCUT2D eigenvalue weighted by molar-refractivity contribution is 5.76. The average Bonchev–Trinajstić information content (AvgIpc) is 0.851. The number of nitrogens with zero attached hydrogens (tertiary/aromatic N) is 6. The van der Waals surface area contributed by atoms with Crippen molar-refractivity contribution in [1.29, 1.82) is 0 Å². The van der Waals surface area contributed by atoms with Crippen molar-refractivity contribution in [3.63, 3.8) is 0 Å². The molecule has 0 aromatic carbocycles. The van der Waals surface area contributed by atoms with Crippen LogP contribution in [0.15, 0.2) is 0 Å². The summed E-state index contributed by atoms with van der Waals surface area (Å²) in [5.41, 5.74) is -2.17. The molecule has 0 aromatic heterocycles. The minimum Gasteiger partial charge on any atom is -0.481 e. The second-order valence-electron chi connectivity index (χ2n) is 32.8. The average molecular weight is 1660 g/mol. The van der Waals surface area contributed by atoms with Crippen LogP contribution in [0.3, 0.4) is 0 Å². The van der Waals surface area contributed by atoms with Crippen molar-refractivity contribution in [1.82, 2.24) is 29.4 Å². The van der Waals surface area contributed by atoms with E-state index in [2.05, 4.69) is 156 Å². The van der Waals surface area contributed by atoms with E-state index >= 15 is 0 Å². The van der Waals surface area contributed by atoms with E-state index < -0.39 is 71.8 Å². The Morgan fingerprint density at radius 1 is 0.289 bits per heavy atom. The molecule has 0 fully saturated rings. The van der Waals surface area contributed by atoms with E-state index in [9.17, 15) is 28.8 Å². The molecule has 0 saturated heterocycles. The maximum atomic E-state index is 10.8. The summed E-state index contributed by atoms with van der Waals surface area (Å²) >= 11 is 0. The molecule has 0 spiro atoms. The fourth-order valence-electron chi connectivity index (χ4n) is 9.57. The molecular formula is C81H174N6O27. The van der Waals surface area contributed by atoms with Crippen molar-refractivity contribution < 1.29 is 133 Å². The predicted molar refractivity (Wildman–Crippen MR) is 449 cm³/mol. The highest BCUT2D eigenvalue weighted by Crippen LogP contribution is 2.32. The van der Waals surface area contributed by atoms with Gasteiger partial charge in [-0.3, -0.25) is 28.8 Å². The van der Waals surface area contributed by atoms with Gasteiger partial charge in [-0.05, 0) is 235 Å². The molecule has 33 nitrogen and oxygen atoms in total. The predicted octanol–water partition coefficient (Wildman–Crippen LogP) is 6.85. The smallest absolute Gasteiger partial charge is 0.304 e. The number of aliphatic carboxylic acids is 6. The van der Waals surface area contributed by atoms with E-state index in [1.807, 2.05) is 69.2 Å². The molecule has 33 heteroatoms. The van der Waals surface area contributed by atoms with Gasteiger partial charge in [0.2, 0.25) is 0 Å². The fourth-order valence-corrected chi connectivity index (χ4v) is 9.57. The number of hydrogen-bond donors (Lipinski definition) is 12. The van der Waals surface area contributed by atoms with Crippen molar-refractivity contribution in [2.45, 2.75) is 237 Å². The number of ether oxygens (including phenoxy) is 9. The molecule has 114 heavy (non-hydrogen) atoms. The maximum Gasteiger partial charge on any atom is 0.304 e. The molecule has 0 aliphatic heterocycles. The Bertz CT molecular complexity index is 2060. The molecule has 0 atom stereocenters. The Balaban J connectivity index is -0.000000157. The first-order valence-corrected chi connectivity index (χ1v) is 39.9. The molecule has 0 heterocycles. The van der Waals surface area contributed by atoms with Crippen LogP contribution >= 0.6 is 0 Å². The zero-order chi connectivity index (χ0) is 90.9. The van der Waals surface area contributed by atoms with Crippen LogP contribution in [-0.2, 0) is 71.4 Å². The van der Waals surface area contributed by atoms with Gasteiger partial charge in [0.1, 0.15) is 0 Å². The van der Waals surface area contributed by atoms with Gasteiger partial charge in [0, 0.05) is 94.2 Å². The highest BCUT2D eigenvalue weighted by atomic mass is 16.5. The van der Waals surface area contributed by atoms with E-state index in [1.54, 1.807) is 13.8 Å². The second kappa shape index (κ2) is 81.3. The number of aliphatic hydroxyl groups is 6. The third-order valence-corrected chi connectivity index (χ3v) is 14.3. The summed E-state index contributed by atoms with van der Waals surface area (Å²) in [4.78, 5) is 76.5. The van der Waals surface area contributed by atoms with Crippen molar-refractivity contribution in [3.8, 4) is 0 Å². The molecule has 690 valence electrons. The summed E-state index contributed by atoms with van der Waals surface area (Å²) in [6, 6.07) is 0. The van der Waals surface area contributed by atoms with Crippen molar-refractivity contribution in [2.24, 2.45) is 34.0 Å². The lowest BCUT2D eigenvalue weighted by atomic mass is 9.78. The minimum atomic E-state index is -1.42. The first-order valence-electron chi connectivity index (χ1n) is 39.9. The molecule has 0 aliphatic rings. The number of hydrogen-bond acceptors (Lipinski definition) is 27. The Morgan fingerprint density at radius 3 is 0.798 bits per heavy atom. The van der Waals surface area contributed by atoms with Crippen LogP contribution in [0.4, 0.5) is 0 Å². The Morgan fingerprint density at radius 2 is 0.561 bits per heavy atom. The number of aliphatic hydroxyl groups excluding tert-OH is 6. The molecule has 0 aliphatic carbocycles. The molecule has 0 amide bonds. The Kier molecular flexibility index (Phi) is 91.4. The molecular weight excluding hydrogens is 1490 g/mol. The quantitative estimate of drug-likeness (QED) is 0.0277.